The molecule has 0 heterocycles. The first kappa shape index (κ1) is 13.5. The van der Waals surface area contributed by atoms with Crippen LogP contribution >= 0.6 is 39.1 Å². The number of rotatable bonds is 3. The Bertz CT molecular complexity index is 573. The van der Waals surface area contributed by atoms with Gasteiger partial charge in [-0.15, -0.1) is 0 Å². The fraction of sp³-hybridized carbons (Fsp3) is 0.0769. The average molecular weight is 347 g/mol. The SMILES string of the molecule is Oc1c(Cl)cccc1CNc1cc(Br)ccc1Cl. The number of halogens is 3. The molecule has 0 aliphatic carbocycles. The molecule has 0 spiro atoms. The topological polar surface area (TPSA) is 32.3 Å². The number of phenols is 1. The van der Waals surface area contributed by atoms with Crippen LogP contribution in [0.3, 0.4) is 0 Å². The van der Waals surface area contributed by atoms with Gasteiger partial charge >= 0.3 is 0 Å². The van der Waals surface area contributed by atoms with Gasteiger partial charge in [0, 0.05) is 16.6 Å². The molecular weight excluding hydrogens is 337 g/mol. The first-order valence-electron chi connectivity index (χ1n) is 5.23. The summed E-state index contributed by atoms with van der Waals surface area (Å²) >= 11 is 15.3. The van der Waals surface area contributed by atoms with Crippen molar-refractivity contribution >= 4 is 44.8 Å². The summed E-state index contributed by atoms with van der Waals surface area (Å²) in [6.07, 6.45) is 0. The monoisotopic (exact) mass is 345 g/mol. The third kappa shape index (κ3) is 3.10. The lowest BCUT2D eigenvalue weighted by atomic mass is 10.2. The van der Waals surface area contributed by atoms with Gasteiger partial charge in [-0.25, -0.2) is 0 Å². The first-order valence-corrected chi connectivity index (χ1v) is 6.78. The van der Waals surface area contributed by atoms with Gasteiger partial charge in [0.25, 0.3) is 0 Å². The molecule has 0 atom stereocenters. The minimum atomic E-state index is 0.0952. The van der Waals surface area contributed by atoms with Crippen LogP contribution in [0, 0.1) is 0 Å². The number of phenolic OH excluding ortho intramolecular Hbond substituents is 1. The molecule has 0 aromatic heterocycles. The van der Waals surface area contributed by atoms with E-state index < -0.39 is 0 Å². The molecule has 94 valence electrons. The molecule has 2 aromatic carbocycles. The third-order valence-corrected chi connectivity index (χ3v) is 3.60. The van der Waals surface area contributed by atoms with E-state index in [0.717, 1.165) is 15.7 Å². The van der Waals surface area contributed by atoms with Crippen LogP contribution < -0.4 is 5.32 Å². The second-order valence-electron chi connectivity index (χ2n) is 3.73. The van der Waals surface area contributed by atoms with Gasteiger partial charge in [-0.1, -0.05) is 51.3 Å². The molecule has 2 N–H and O–H groups in total. The summed E-state index contributed by atoms with van der Waals surface area (Å²) in [5, 5.41) is 13.9. The van der Waals surface area contributed by atoms with Gasteiger partial charge in [0.2, 0.25) is 0 Å². The summed E-state index contributed by atoms with van der Waals surface area (Å²) in [6.45, 7) is 0.447. The van der Waals surface area contributed by atoms with Gasteiger partial charge in [0.15, 0.2) is 0 Å². The van der Waals surface area contributed by atoms with E-state index >= 15 is 0 Å². The van der Waals surface area contributed by atoms with Crippen molar-refractivity contribution in [2.45, 2.75) is 6.54 Å². The first-order chi connectivity index (χ1) is 8.58. The summed E-state index contributed by atoms with van der Waals surface area (Å²) in [5.74, 6) is 0.0952. The lowest BCUT2D eigenvalue weighted by Gasteiger charge is -2.10. The Morgan fingerprint density at radius 2 is 1.89 bits per heavy atom. The molecular formula is C13H10BrCl2NO. The molecule has 0 fully saturated rings. The Hall–Kier alpha value is -0.900. The normalized spacial score (nSPS) is 10.4. The Labute approximate surface area is 124 Å². The van der Waals surface area contributed by atoms with Crippen molar-refractivity contribution in [1.29, 1.82) is 0 Å². The number of para-hydroxylation sites is 1. The number of anilines is 1. The van der Waals surface area contributed by atoms with Crippen LogP contribution in [0.2, 0.25) is 10.0 Å². The summed E-state index contributed by atoms with van der Waals surface area (Å²) in [5.41, 5.74) is 1.52. The van der Waals surface area contributed by atoms with Crippen molar-refractivity contribution in [3.05, 3.63) is 56.5 Å². The van der Waals surface area contributed by atoms with Gasteiger partial charge in [0.05, 0.1) is 15.7 Å². The fourth-order valence-corrected chi connectivity index (χ4v) is 2.27. The molecule has 0 saturated heterocycles. The predicted octanol–water partition coefficient (Wildman–Crippen LogP) is 5.07. The molecule has 0 bridgehead atoms. The molecule has 0 saturated carbocycles. The smallest absolute Gasteiger partial charge is 0.139 e. The van der Waals surface area contributed by atoms with Crippen LogP contribution in [0.5, 0.6) is 5.75 Å². The molecule has 0 radical (unpaired) electrons. The highest BCUT2D eigenvalue weighted by Gasteiger charge is 2.06. The lowest BCUT2D eigenvalue weighted by molar-refractivity contribution is 0.469. The van der Waals surface area contributed by atoms with E-state index in [2.05, 4.69) is 21.2 Å². The zero-order chi connectivity index (χ0) is 13.1. The van der Waals surface area contributed by atoms with Gasteiger partial charge in [-0.2, -0.15) is 0 Å². The van der Waals surface area contributed by atoms with Gasteiger partial charge in [-0.05, 0) is 24.3 Å². The Balaban J connectivity index is 2.16. The molecule has 5 heteroatoms. The van der Waals surface area contributed by atoms with E-state index in [4.69, 9.17) is 23.2 Å². The Morgan fingerprint density at radius 3 is 2.67 bits per heavy atom. The number of benzene rings is 2. The van der Waals surface area contributed by atoms with Gasteiger partial charge < -0.3 is 10.4 Å². The fourth-order valence-electron chi connectivity index (χ4n) is 1.53. The van der Waals surface area contributed by atoms with Crippen molar-refractivity contribution in [3.8, 4) is 5.75 Å². The highest BCUT2D eigenvalue weighted by molar-refractivity contribution is 9.10. The maximum atomic E-state index is 9.79. The minimum absolute atomic E-state index is 0.0952. The van der Waals surface area contributed by atoms with Crippen LogP contribution in [0.15, 0.2) is 40.9 Å². The zero-order valence-corrected chi connectivity index (χ0v) is 12.4. The predicted molar refractivity (Wildman–Crippen MR) is 79.6 cm³/mol. The van der Waals surface area contributed by atoms with Crippen molar-refractivity contribution in [2.24, 2.45) is 0 Å². The molecule has 2 nitrogen and oxygen atoms in total. The number of nitrogens with one attached hydrogen (secondary N) is 1. The van der Waals surface area contributed by atoms with Crippen LogP contribution in [0.1, 0.15) is 5.56 Å². The molecule has 2 aromatic rings. The summed E-state index contributed by atoms with van der Waals surface area (Å²) in [7, 11) is 0. The molecule has 2 rings (SSSR count). The zero-order valence-electron chi connectivity index (χ0n) is 9.25. The van der Waals surface area contributed by atoms with Crippen molar-refractivity contribution in [1.82, 2.24) is 0 Å². The van der Waals surface area contributed by atoms with Crippen LogP contribution in [0.25, 0.3) is 0 Å². The number of hydrogen-bond donors (Lipinski definition) is 2. The van der Waals surface area contributed by atoms with Crippen LogP contribution in [0.4, 0.5) is 5.69 Å². The molecule has 0 unspecified atom stereocenters. The quantitative estimate of drug-likeness (QED) is 0.812. The second-order valence-corrected chi connectivity index (χ2v) is 5.46. The Morgan fingerprint density at radius 1 is 1.11 bits per heavy atom. The maximum Gasteiger partial charge on any atom is 0.139 e. The van der Waals surface area contributed by atoms with E-state index in [1.54, 1.807) is 24.3 Å². The standard InChI is InChI=1S/C13H10BrCl2NO/c14-9-4-5-10(15)12(6-9)17-7-8-2-1-3-11(16)13(8)18/h1-6,17-18H,7H2. The van der Waals surface area contributed by atoms with E-state index in [0.29, 0.717) is 16.6 Å². The van der Waals surface area contributed by atoms with Crippen molar-refractivity contribution in [2.75, 3.05) is 5.32 Å². The highest BCUT2D eigenvalue weighted by Crippen LogP contribution is 2.29. The van der Waals surface area contributed by atoms with E-state index in [-0.39, 0.29) is 5.75 Å². The van der Waals surface area contributed by atoms with E-state index in [9.17, 15) is 5.11 Å². The largest absolute Gasteiger partial charge is 0.506 e. The summed E-state index contributed by atoms with van der Waals surface area (Å²) in [4.78, 5) is 0. The minimum Gasteiger partial charge on any atom is -0.506 e. The average Bonchev–Trinajstić information content (AvgIpc) is 2.35. The van der Waals surface area contributed by atoms with Gasteiger partial charge in [-0.3, -0.25) is 0 Å². The Kier molecular flexibility index (Phi) is 4.38. The molecule has 18 heavy (non-hydrogen) atoms. The molecule has 0 amide bonds. The maximum absolute atomic E-state index is 9.79. The van der Waals surface area contributed by atoms with Crippen molar-refractivity contribution < 1.29 is 5.11 Å². The third-order valence-electron chi connectivity index (χ3n) is 2.47. The van der Waals surface area contributed by atoms with Crippen molar-refractivity contribution in [3.63, 3.8) is 0 Å². The number of aromatic hydroxyl groups is 1. The molecule has 0 aliphatic rings. The summed E-state index contributed by atoms with van der Waals surface area (Å²) in [6, 6.07) is 10.8. The van der Waals surface area contributed by atoms with E-state index in [1.807, 2.05) is 12.1 Å². The summed E-state index contributed by atoms with van der Waals surface area (Å²) < 4.78 is 0.935. The van der Waals surface area contributed by atoms with Crippen LogP contribution in [-0.4, -0.2) is 5.11 Å². The number of hydrogen-bond acceptors (Lipinski definition) is 2. The second kappa shape index (κ2) is 5.83. The van der Waals surface area contributed by atoms with Crippen LogP contribution in [-0.2, 0) is 6.54 Å². The van der Waals surface area contributed by atoms with E-state index in [1.165, 1.54) is 0 Å². The molecule has 0 aliphatic heterocycles. The van der Waals surface area contributed by atoms with Gasteiger partial charge in [0.1, 0.15) is 5.75 Å². The lowest BCUT2D eigenvalue weighted by Crippen LogP contribution is -2.00. The highest BCUT2D eigenvalue weighted by atomic mass is 79.9.